The largest absolute Gasteiger partial charge is 0.289 e. The Bertz CT molecular complexity index is 1410. The Morgan fingerprint density at radius 2 is 1.67 bits per heavy atom. The molecule has 0 unspecified atom stereocenters. The van der Waals surface area contributed by atoms with Crippen LogP contribution in [0.15, 0.2) is 67.5 Å². The number of nitrogens with zero attached hydrogens (tertiary/aromatic N) is 9. The van der Waals surface area contributed by atoms with E-state index in [2.05, 4.69) is 30.5 Å². The van der Waals surface area contributed by atoms with Crippen molar-refractivity contribution >= 4 is 16.7 Å². The van der Waals surface area contributed by atoms with Gasteiger partial charge in [0.15, 0.2) is 5.65 Å². The summed E-state index contributed by atoms with van der Waals surface area (Å²) in [7, 11) is 0. The molecule has 9 nitrogen and oxygen atoms in total. The lowest BCUT2D eigenvalue weighted by atomic mass is 10.2. The zero-order valence-electron chi connectivity index (χ0n) is 13.9. The summed E-state index contributed by atoms with van der Waals surface area (Å²) in [6.45, 7) is 0. The Kier molecular flexibility index (Phi) is 2.70. The fourth-order valence-corrected chi connectivity index (χ4v) is 3.11. The molecule has 0 aliphatic rings. The molecule has 0 fully saturated rings. The van der Waals surface area contributed by atoms with Gasteiger partial charge in [-0.05, 0) is 42.5 Å². The maximum absolute atomic E-state index is 4.62. The van der Waals surface area contributed by atoms with Gasteiger partial charge < -0.3 is 0 Å². The highest BCUT2D eigenvalue weighted by molar-refractivity contribution is 5.70. The third-order valence-electron chi connectivity index (χ3n) is 4.46. The van der Waals surface area contributed by atoms with Gasteiger partial charge in [0.2, 0.25) is 0 Å². The molecule has 0 saturated heterocycles. The van der Waals surface area contributed by atoms with Gasteiger partial charge in [0, 0.05) is 18.0 Å². The summed E-state index contributed by atoms with van der Waals surface area (Å²) in [5.74, 6) is 0. The van der Waals surface area contributed by atoms with Crippen LogP contribution in [0.1, 0.15) is 0 Å². The first-order chi connectivity index (χ1) is 13.3. The van der Waals surface area contributed by atoms with E-state index in [1.54, 1.807) is 28.0 Å². The lowest BCUT2D eigenvalue weighted by molar-refractivity contribution is 0.803. The summed E-state index contributed by atoms with van der Waals surface area (Å²) < 4.78 is 5.21. The number of hydrogen-bond donors (Lipinski definition) is 0. The predicted molar refractivity (Wildman–Crippen MR) is 96.9 cm³/mol. The van der Waals surface area contributed by atoms with Crippen LogP contribution < -0.4 is 0 Å². The Morgan fingerprint density at radius 1 is 0.741 bits per heavy atom. The molecule has 0 aliphatic heterocycles. The second kappa shape index (κ2) is 5.18. The van der Waals surface area contributed by atoms with E-state index in [0.29, 0.717) is 0 Å². The number of rotatable bonds is 2. The van der Waals surface area contributed by atoms with E-state index in [9.17, 15) is 0 Å². The predicted octanol–water partition coefficient (Wildman–Crippen LogP) is 2.15. The van der Waals surface area contributed by atoms with E-state index < -0.39 is 0 Å². The first-order valence-electron chi connectivity index (χ1n) is 8.30. The summed E-state index contributed by atoms with van der Waals surface area (Å²) in [6.07, 6.45) is 6.99. The normalized spacial score (nSPS) is 11.7. The molecule has 0 aliphatic carbocycles. The molecule has 128 valence electrons. The molecule has 6 aromatic rings. The average Bonchev–Trinajstić information content (AvgIpc) is 3.42. The molecule has 6 rings (SSSR count). The van der Waals surface area contributed by atoms with Crippen LogP contribution in [0.2, 0.25) is 0 Å². The number of hydrogen-bond acceptors (Lipinski definition) is 6. The van der Waals surface area contributed by atoms with Crippen molar-refractivity contribution < 1.29 is 0 Å². The molecular formula is C18H11N9. The monoisotopic (exact) mass is 353 g/mol. The molecule has 0 radical (unpaired) electrons. The van der Waals surface area contributed by atoms with Gasteiger partial charge in [0.25, 0.3) is 0 Å². The minimum absolute atomic E-state index is 0.744. The molecule has 0 atom stereocenters. The lowest BCUT2D eigenvalue weighted by Crippen LogP contribution is -1.97. The molecule has 0 amide bonds. The summed E-state index contributed by atoms with van der Waals surface area (Å²) in [5, 5.41) is 21.7. The van der Waals surface area contributed by atoms with Crippen LogP contribution in [-0.4, -0.2) is 44.0 Å². The van der Waals surface area contributed by atoms with Crippen molar-refractivity contribution in [1.29, 1.82) is 0 Å². The van der Waals surface area contributed by atoms with Crippen LogP contribution in [0.5, 0.6) is 0 Å². The highest BCUT2D eigenvalue weighted by atomic mass is 15.4. The number of aromatic nitrogens is 9. The van der Waals surface area contributed by atoms with Crippen molar-refractivity contribution in [2.45, 2.75) is 0 Å². The van der Waals surface area contributed by atoms with Crippen molar-refractivity contribution in [1.82, 2.24) is 44.0 Å². The van der Waals surface area contributed by atoms with Gasteiger partial charge in [0.1, 0.15) is 24.0 Å². The van der Waals surface area contributed by atoms with Gasteiger partial charge in [-0.2, -0.15) is 9.73 Å². The van der Waals surface area contributed by atoms with Crippen LogP contribution in [0, 0.1) is 0 Å². The van der Waals surface area contributed by atoms with Gasteiger partial charge >= 0.3 is 0 Å². The van der Waals surface area contributed by atoms with E-state index in [1.165, 1.54) is 0 Å². The van der Waals surface area contributed by atoms with Gasteiger partial charge in [-0.15, -0.1) is 20.4 Å². The minimum atomic E-state index is 0.744. The third-order valence-corrected chi connectivity index (χ3v) is 4.46. The van der Waals surface area contributed by atoms with Crippen LogP contribution in [0.3, 0.4) is 0 Å². The highest BCUT2D eigenvalue weighted by Gasteiger charge is 2.10. The molecule has 6 aromatic heterocycles. The fraction of sp³-hybridized carbons (Fsp3) is 0. The first kappa shape index (κ1) is 14.1. The highest BCUT2D eigenvalue weighted by Crippen LogP contribution is 2.22. The first-order valence-corrected chi connectivity index (χ1v) is 8.30. The van der Waals surface area contributed by atoms with Crippen molar-refractivity contribution in [3.63, 3.8) is 0 Å². The summed E-state index contributed by atoms with van der Waals surface area (Å²) in [4.78, 5) is 4.08. The van der Waals surface area contributed by atoms with Crippen LogP contribution in [-0.2, 0) is 0 Å². The molecule has 6 heterocycles. The van der Waals surface area contributed by atoms with Crippen LogP contribution in [0.4, 0.5) is 0 Å². The maximum atomic E-state index is 4.62. The van der Waals surface area contributed by atoms with E-state index in [-0.39, 0.29) is 0 Å². The SMILES string of the molecule is c1cc2cc(-c3ccc4cc(-c5ccn6cnnc6c5)nn4n3)nn2cn1. The Balaban J connectivity index is 1.46. The molecule has 0 N–H and O–H groups in total. The van der Waals surface area contributed by atoms with Gasteiger partial charge in [-0.3, -0.25) is 4.40 Å². The lowest BCUT2D eigenvalue weighted by Gasteiger charge is -1.97. The van der Waals surface area contributed by atoms with E-state index in [4.69, 9.17) is 0 Å². The van der Waals surface area contributed by atoms with E-state index >= 15 is 0 Å². The second-order valence-corrected chi connectivity index (χ2v) is 6.15. The van der Waals surface area contributed by atoms with Crippen molar-refractivity contribution in [3.8, 4) is 22.6 Å². The summed E-state index contributed by atoms with van der Waals surface area (Å²) >= 11 is 0. The molecule has 9 heteroatoms. The van der Waals surface area contributed by atoms with Crippen LogP contribution in [0.25, 0.3) is 39.3 Å². The fourth-order valence-electron chi connectivity index (χ4n) is 3.11. The average molecular weight is 353 g/mol. The van der Waals surface area contributed by atoms with Gasteiger partial charge in [0.05, 0.1) is 16.7 Å². The molecule has 27 heavy (non-hydrogen) atoms. The zero-order chi connectivity index (χ0) is 17.8. The van der Waals surface area contributed by atoms with Crippen molar-refractivity contribution in [3.05, 3.63) is 67.5 Å². The summed E-state index contributed by atoms with van der Waals surface area (Å²) in [6, 6.07) is 13.7. The molecule has 0 aromatic carbocycles. The van der Waals surface area contributed by atoms with Crippen LogP contribution >= 0.6 is 0 Å². The van der Waals surface area contributed by atoms with Gasteiger partial charge in [-0.25, -0.2) is 9.50 Å². The Hall–Kier alpha value is -4.14. The number of pyridine rings is 1. The smallest absolute Gasteiger partial charge is 0.161 e. The maximum Gasteiger partial charge on any atom is 0.161 e. The van der Waals surface area contributed by atoms with E-state index in [1.807, 2.05) is 53.1 Å². The third kappa shape index (κ3) is 2.18. The summed E-state index contributed by atoms with van der Waals surface area (Å²) in [5.41, 5.74) is 5.94. The van der Waals surface area contributed by atoms with E-state index in [0.717, 1.165) is 39.3 Å². The topological polar surface area (TPSA) is 90.6 Å². The molecule has 0 spiro atoms. The molecular weight excluding hydrogens is 342 g/mol. The van der Waals surface area contributed by atoms with Gasteiger partial charge in [-0.1, -0.05) is 0 Å². The Labute approximate surface area is 151 Å². The quantitative estimate of drug-likeness (QED) is 0.474. The molecule has 0 saturated carbocycles. The van der Waals surface area contributed by atoms with Crippen molar-refractivity contribution in [2.75, 3.05) is 0 Å². The van der Waals surface area contributed by atoms with Crippen molar-refractivity contribution in [2.24, 2.45) is 0 Å². The Morgan fingerprint density at radius 3 is 2.63 bits per heavy atom. The second-order valence-electron chi connectivity index (χ2n) is 6.15. The standard InChI is InChI=1S/C18H11N9/c1-2-15(17-8-13-3-5-19-10-26(13)22-17)23-27-14(1)9-16(24-27)12-4-6-25-11-20-21-18(25)7-12/h1-11H. The zero-order valence-corrected chi connectivity index (χ0v) is 13.9. The number of fused-ring (bicyclic) bond motifs is 3. The minimum Gasteiger partial charge on any atom is -0.289 e. The molecule has 0 bridgehead atoms.